The first kappa shape index (κ1) is 15.1. The molecule has 0 saturated carbocycles. The van der Waals surface area contributed by atoms with Crippen LogP contribution in [-0.4, -0.2) is 34.7 Å². The molecule has 2 rings (SSSR count). The van der Waals surface area contributed by atoms with Gasteiger partial charge in [0.1, 0.15) is 0 Å². The molecule has 1 aromatic carbocycles. The third kappa shape index (κ3) is 3.07. The smallest absolute Gasteiger partial charge is 0.345 e. The average molecular weight is 297 g/mol. The van der Waals surface area contributed by atoms with E-state index < -0.39 is 11.9 Å². The molecule has 1 aromatic heterocycles. The highest BCUT2D eigenvalue weighted by Crippen LogP contribution is 2.31. The number of hydrogen-bond donors (Lipinski definition) is 0. The largest absolute Gasteiger partial charge is 0.435 e. The van der Waals surface area contributed by atoms with Crippen molar-refractivity contribution in [2.45, 2.75) is 6.18 Å². The molecule has 7 heteroatoms. The van der Waals surface area contributed by atoms with Crippen molar-refractivity contribution in [3.05, 3.63) is 41.6 Å². The average Bonchev–Trinajstić information content (AvgIpc) is 2.80. The van der Waals surface area contributed by atoms with Gasteiger partial charge in [-0.2, -0.15) is 18.3 Å². The zero-order valence-corrected chi connectivity index (χ0v) is 11.8. The van der Waals surface area contributed by atoms with Crippen molar-refractivity contribution in [1.82, 2.24) is 14.7 Å². The number of halogens is 3. The number of aryl methyl sites for hydroxylation is 1. The number of carbonyl (C=O) groups excluding carboxylic acids is 1. The summed E-state index contributed by atoms with van der Waals surface area (Å²) >= 11 is 0. The molecule has 0 aliphatic heterocycles. The van der Waals surface area contributed by atoms with Crippen molar-refractivity contribution >= 4 is 5.91 Å². The maximum atomic E-state index is 12.6. The number of carbonyl (C=O) groups is 1. The van der Waals surface area contributed by atoms with Crippen molar-refractivity contribution in [1.29, 1.82) is 0 Å². The molecule has 0 aliphatic rings. The van der Waals surface area contributed by atoms with E-state index in [0.717, 1.165) is 6.07 Å². The highest BCUT2D eigenvalue weighted by atomic mass is 19.4. The van der Waals surface area contributed by atoms with E-state index in [9.17, 15) is 18.0 Å². The summed E-state index contributed by atoms with van der Waals surface area (Å²) < 4.78 is 39.1. The molecular weight excluding hydrogens is 283 g/mol. The summed E-state index contributed by atoms with van der Waals surface area (Å²) in [5.74, 6) is -0.164. The number of rotatable bonds is 2. The van der Waals surface area contributed by atoms with Gasteiger partial charge in [0.2, 0.25) is 0 Å². The Bertz CT molecular complexity index is 657. The summed E-state index contributed by atoms with van der Waals surface area (Å²) in [7, 11) is 4.71. The zero-order chi connectivity index (χ0) is 15.8. The Morgan fingerprint density at radius 2 is 1.76 bits per heavy atom. The molecule has 2 aromatic rings. The summed E-state index contributed by atoms with van der Waals surface area (Å²) in [6.07, 6.45) is -4.48. The highest BCUT2D eigenvalue weighted by molar-refractivity contribution is 5.94. The maximum absolute atomic E-state index is 12.6. The SMILES string of the molecule is CN(C)C(=O)c1ccc(-c2cc(C(F)(F)F)nn2C)cc1. The standard InChI is InChI=1S/C14H14F3N3O/c1-19(2)13(21)10-6-4-9(5-7-10)11-8-12(14(15,16)17)18-20(11)3/h4-8H,1-3H3. The lowest BCUT2D eigenvalue weighted by Crippen LogP contribution is -2.21. The molecule has 0 fully saturated rings. The lowest BCUT2D eigenvalue weighted by molar-refractivity contribution is -0.141. The van der Waals surface area contributed by atoms with Crippen LogP contribution in [0.3, 0.4) is 0 Å². The molecule has 0 radical (unpaired) electrons. The molecule has 0 atom stereocenters. The van der Waals surface area contributed by atoms with Crippen LogP contribution in [0.5, 0.6) is 0 Å². The summed E-state index contributed by atoms with van der Waals surface area (Å²) in [4.78, 5) is 13.2. The Labute approximate surface area is 119 Å². The Kier molecular flexibility index (Phi) is 3.76. The monoisotopic (exact) mass is 297 g/mol. The molecule has 4 nitrogen and oxygen atoms in total. The second-order valence-corrected chi connectivity index (χ2v) is 4.81. The second-order valence-electron chi connectivity index (χ2n) is 4.81. The van der Waals surface area contributed by atoms with E-state index in [1.807, 2.05) is 0 Å². The van der Waals surface area contributed by atoms with Crippen LogP contribution in [0, 0.1) is 0 Å². The van der Waals surface area contributed by atoms with Gasteiger partial charge in [0.05, 0.1) is 5.69 Å². The maximum Gasteiger partial charge on any atom is 0.435 e. The summed E-state index contributed by atoms with van der Waals surface area (Å²) in [5, 5.41) is 3.46. The van der Waals surface area contributed by atoms with E-state index in [1.165, 1.54) is 16.6 Å². The fourth-order valence-electron chi connectivity index (χ4n) is 1.92. The molecule has 21 heavy (non-hydrogen) atoms. The van der Waals surface area contributed by atoms with Crippen LogP contribution in [0.25, 0.3) is 11.3 Å². The molecule has 0 bridgehead atoms. The van der Waals surface area contributed by atoms with Crippen LogP contribution >= 0.6 is 0 Å². The minimum Gasteiger partial charge on any atom is -0.345 e. The van der Waals surface area contributed by atoms with Gasteiger partial charge in [-0.05, 0) is 23.8 Å². The third-order valence-electron chi connectivity index (χ3n) is 3.00. The van der Waals surface area contributed by atoms with Gasteiger partial charge in [0.25, 0.3) is 5.91 Å². The lowest BCUT2D eigenvalue weighted by Gasteiger charge is -2.10. The number of benzene rings is 1. The van der Waals surface area contributed by atoms with Gasteiger partial charge in [-0.3, -0.25) is 9.48 Å². The molecular formula is C14H14F3N3O. The predicted octanol–water partition coefficient (Wildman–Crippen LogP) is 2.81. The van der Waals surface area contributed by atoms with Gasteiger partial charge in [-0.15, -0.1) is 0 Å². The molecule has 112 valence electrons. The van der Waals surface area contributed by atoms with Gasteiger partial charge < -0.3 is 4.90 Å². The van der Waals surface area contributed by atoms with Gasteiger partial charge in [0.15, 0.2) is 5.69 Å². The molecule has 1 amide bonds. The first-order chi connectivity index (χ1) is 9.70. The van der Waals surface area contributed by atoms with Crippen molar-refractivity contribution in [3.63, 3.8) is 0 Å². The van der Waals surface area contributed by atoms with Gasteiger partial charge in [-0.25, -0.2) is 0 Å². The van der Waals surface area contributed by atoms with E-state index in [4.69, 9.17) is 0 Å². The first-order valence-corrected chi connectivity index (χ1v) is 6.13. The minimum atomic E-state index is -4.48. The number of alkyl halides is 3. The topological polar surface area (TPSA) is 38.1 Å². The Balaban J connectivity index is 2.36. The number of amides is 1. The Morgan fingerprint density at radius 1 is 1.19 bits per heavy atom. The minimum absolute atomic E-state index is 0.164. The van der Waals surface area contributed by atoms with E-state index in [0.29, 0.717) is 16.8 Å². The van der Waals surface area contributed by atoms with E-state index in [1.54, 1.807) is 38.4 Å². The predicted molar refractivity (Wildman–Crippen MR) is 71.7 cm³/mol. The first-order valence-electron chi connectivity index (χ1n) is 6.13. The Morgan fingerprint density at radius 3 is 2.19 bits per heavy atom. The fraction of sp³-hybridized carbons (Fsp3) is 0.286. The van der Waals surface area contributed by atoms with Gasteiger partial charge in [0, 0.05) is 26.7 Å². The normalized spacial score (nSPS) is 11.5. The number of aromatic nitrogens is 2. The van der Waals surface area contributed by atoms with Crippen LogP contribution in [0.1, 0.15) is 16.1 Å². The zero-order valence-electron chi connectivity index (χ0n) is 11.8. The summed E-state index contributed by atoms with van der Waals surface area (Å²) in [6, 6.07) is 7.36. The highest BCUT2D eigenvalue weighted by Gasteiger charge is 2.34. The second kappa shape index (κ2) is 5.23. The fourth-order valence-corrected chi connectivity index (χ4v) is 1.92. The van der Waals surface area contributed by atoms with E-state index in [2.05, 4.69) is 5.10 Å². The van der Waals surface area contributed by atoms with Gasteiger partial charge >= 0.3 is 6.18 Å². The van der Waals surface area contributed by atoms with Crippen LogP contribution in [0.4, 0.5) is 13.2 Å². The van der Waals surface area contributed by atoms with E-state index >= 15 is 0 Å². The quantitative estimate of drug-likeness (QED) is 0.855. The lowest BCUT2D eigenvalue weighted by atomic mass is 10.1. The third-order valence-corrected chi connectivity index (χ3v) is 3.00. The summed E-state index contributed by atoms with van der Waals surface area (Å²) in [5.41, 5.74) is 0.442. The molecule has 1 heterocycles. The summed E-state index contributed by atoms with van der Waals surface area (Å²) in [6.45, 7) is 0. The van der Waals surface area contributed by atoms with Crippen LogP contribution in [0.15, 0.2) is 30.3 Å². The van der Waals surface area contributed by atoms with Crippen molar-refractivity contribution in [2.75, 3.05) is 14.1 Å². The van der Waals surface area contributed by atoms with Crippen LogP contribution in [0.2, 0.25) is 0 Å². The van der Waals surface area contributed by atoms with Crippen molar-refractivity contribution < 1.29 is 18.0 Å². The molecule has 0 unspecified atom stereocenters. The molecule has 0 N–H and O–H groups in total. The van der Waals surface area contributed by atoms with Crippen molar-refractivity contribution in [3.8, 4) is 11.3 Å². The van der Waals surface area contributed by atoms with Crippen LogP contribution in [-0.2, 0) is 13.2 Å². The van der Waals surface area contributed by atoms with E-state index in [-0.39, 0.29) is 5.91 Å². The molecule has 0 spiro atoms. The molecule has 0 saturated heterocycles. The number of nitrogens with zero attached hydrogens (tertiary/aromatic N) is 3. The number of hydrogen-bond acceptors (Lipinski definition) is 2. The van der Waals surface area contributed by atoms with Gasteiger partial charge in [-0.1, -0.05) is 12.1 Å². The van der Waals surface area contributed by atoms with Crippen molar-refractivity contribution in [2.24, 2.45) is 7.05 Å². The molecule has 0 aliphatic carbocycles. The Hall–Kier alpha value is -2.31. The van der Waals surface area contributed by atoms with Crippen LogP contribution < -0.4 is 0 Å².